The summed E-state index contributed by atoms with van der Waals surface area (Å²) in [6, 6.07) is 12.5. The molecule has 2 aliphatic heterocycles. The van der Waals surface area contributed by atoms with Crippen molar-refractivity contribution in [2.24, 2.45) is 0 Å². The molecule has 3 heterocycles. The Morgan fingerprint density at radius 3 is 2.75 bits per heavy atom. The summed E-state index contributed by atoms with van der Waals surface area (Å²) in [6.45, 7) is 2.89. The minimum Gasteiger partial charge on any atom is -0.465 e. The molecule has 5 rings (SSSR count). The molecule has 0 amide bonds. The zero-order chi connectivity index (χ0) is 25.1. The van der Waals surface area contributed by atoms with Crippen molar-refractivity contribution < 1.29 is 27.4 Å². The van der Waals surface area contributed by atoms with Gasteiger partial charge in [0.25, 0.3) is 0 Å². The number of carbonyl (C=O) groups excluding carboxylic acids is 1. The molecule has 0 N–H and O–H groups in total. The van der Waals surface area contributed by atoms with E-state index in [-0.39, 0.29) is 17.0 Å². The third kappa shape index (κ3) is 5.30. The number of thioether (sulfide) groups is 1. The SMILES string of the molecule is COC(=O)c1cccc(CSc2nc3cc(S(=O)(=O)N4CCOCC4)ccc3n2C[C@H]2CCCO2)c1. The second-order valence-corrected chi connectivity index (χ2v) is 11.7. The number of hydrogen-bond acceptors (Lipinski definition) is 8. The highest BCUT2D eigenvalue weighted by molar-refractivity contribution is 7.98. The highest BCUT2D eigenvalue weighted by Crippen LogP contribution is 2.31. The van der Waals surface area contributed by atoms with Gasteiger partial charge in [0.05, 0.1) is 54.5 Å². The lowest BCUT2D eigenvalue weighted by Gasteiger charge is -2.26. The first-order valence-electron chi connectivity index (χ1n) is 12.0. The molecular formula is C25H29N3O6S2. The Balaban J connectivity index is 1.45. The monoisotopic (exact) mass is 531 g/mol. The summed E-state index contributed by atoms with van der Waals surface area (Å²) in [7, 11) is -2.26. The third-order valence-corrected chi connectivity index (χ3v) is 9.36. The van der Waals surface area contributed by atoms with Crippen molar-refractivity contribution in [1.82, 2.24) is 13.9 Å². The first-order valence-corrected chi connectivity index (χ1v) is 14.4. The number of sulfonamides is 1. The van der Waals surface area contributed by atoms with Gasteiger partial charge in [-0.05, 0) is 48.7 Å². The molecule has 2 fully saturated rings. The van der Waals surface area contributed by atoms with Crippen molar-refractivity contribution in [3.8, 4) is 0 Å². The van der Waals surface area contributed by atoms with Gasteiger partial charge in [-0.15, -0.1) is 0 Å². The predicted octanol–water partition coefficient (Wildman–Crippen LogP) is 3.32. The molecule has 0 unspecified atom stereocenters. The van der Waals surface area contributed by atoms with E-state index in [9.17, 15) is 13.2 Å². The van der Waals surface area contributed by atoms with Gasteiger partial charge in [0.15, 0.2) is 5.16 Å². The van der Waals surface area contributed by atoms with Crippen LogP contribution in [0.4, 0.5) is 0 Å². The number of rotatable bonds is 8. The maximum Gasteiger partial charge on any atom is 0.337 e. The number of carbonyl (C=O) groups is 1. The number of ether oxygens (including phenoxy) is 3. The van der Waals surface area contributed by atoms with Gasteiger partial charge in [-0.1, -0.05) is 23.9 Å². The Labute approximate surface area is 214 Å². The van der Waals surface area contributed by atoms with Crippen LogP contribution in [-0.2, 0) is 36.5 Å². The zero-order valence-corrected chi connectivity index (χ0v) is 21.7. The summed E-state index contributed by atoms with van der Waals surface area (Å²) in [6.07, 6.45) is 2.11. The van der Waals surface area contributed by atoms with Crippen LogP contribution in [0.1, 0.15) is 28.8 Å². The summed E-state index contributed by atoms with van der Waals surface area (Å²) in [5.41, 5.74) is 2.97. The van der Waals surface area contributed by atoms with E-state index < -0.39 is 10.0 Å². The summed E-state index contributed by atoms with van der Waals surface area (Å²) in [4.78, 5) is 17.0. The van der Waals surface area contributed by atoms with Crippen LogP contribution >= 0.6 is 11.8 Å². The Kier molecular flexibility index (Phi) is 7.63. The average molecular weight is 532 g/mol. The number of esters is 1. The summed E-state index contributed by atoms with van der Waals surface area (Å²) < 4.78 is 46.0. The topological polar surface area (TPSA) is 100.0 Å². The Hall–Kier alpha value is -2.44. The van der Waals surface area contributed by atoms with E-state index in [1.165, 1.54) is 11.4 Å². The van der Waals surface area contributed by atoms with E-state index in [2.05, 4.69) is 4.57 Å². The van der Waals surface area contributed by atoms with Gasteiger partial charge >= 0.3 is 5.97 Å². The molecule has 0 radical (unpaired) electrons. The molecule has 36 heavy (non-hydrogen) atoms. The molecule has 1 atom stereocenters. The van der Waals surface area contributed by atoms with Crippen LogP contribution in [0.15, 0.2) is 52.5 Å². The average Bonchev–Trinajstić information content (AvgIpc) is 3.55. The first-order chi connectivity index (χ1) is 17.5. The maximum atomic E-state index is 13.2. The molecule has 9 nitrogen and oxygen atoms in total. The van der Waals surface area contributed by atoms with Gasteiger partial charge in [-0.2, -0.15) is 4.31 Å². The lowest BCUT2D eigenvalue weighted by atomic mass is 10.1. The minimum atomic E-state index is -3.62. The second kappa shape index (κ2) is 10.9. The van der Waals surface area contributed by atoms with E-state index in [1.54, 1.807) is 30.0 Å². The number of aromatic nitrogens is 2. The largest absolute Gasteiger partial charge is 0.465 e. The van der Waals surface area contributed by atoms with Crippen molar-refractivity contribution >= 4 is 38.8 Å². The van der Waals surface area contributed by atoms with Gasteiger partial charge in [0, 0.05) is 25.4 Å². The smallest absolute Gasteiger partial charge is 0.337 e. The lowest BCUT2D eigenvalue weighted by molar-refractivity contribution is 0.0600. The van der Waals surface area contributed by atoms with Crippen molar-refractivity contribution in [3.63, 3.8) is 0 Å². The molecule has 0 spiro atoms. The van der Waals surface area contributed by atoms with E-state index in [0.717, 1.165) is 35.7 Å². The Bertz CT molecular complexity index is 1350. The van der Waals surface area contributed by atoms with Gasteiger partial charge in [-0.25, -0.2) is 18.2 Å². The molecule has 11 heteroatoms. The molecule has 2 saturated heterocycles. The van der Waals surface area contributed by atoms with Gasteiger partial charge < -0.3 is 18.8 Å². The highest BCUT2D eigenvalue weighted by atomic mass is 32.2. The van der Waals surface area contributed by atoms with Crippen LogP contribution in [-0.4, -0.2) is 74.4 Å². The number of imidazole rings is 1. The Morgan fingerprint density at radius 2 is 2.00 bits per heavy atom. The van der Waals surface area contributed by atoms with Crippen molar-refractivity contribution in [2.45, 2.75) is 41.3 Å². The van der Waals surface area contributed by atoms with Crippen LogP contribution in [0.3, 0.4) is 0 Å². The quantitative estimate of drug-likeness (QED) is 0.322. The fourth-order valence-electron chi connectivity index (χ4n) is 4.52. The molecule has 2 aliphatic rings. The van der Waals surface area contributed by atoms with Crippen LogP contribution in [0.2, 0.25) is 0 Å². The number of benzene rings is 2. The van der Waals surface area contributed by atoms with Crippen LogP contribution in [0, 0.1) is 0 Å². The summed E-state index contributed by atoms with van der Waals surface area (Å²) >= 11 is 1.55. The standard InChI is InChI=1S/C25H29N3O6S2/c1-32-24(29)19-5-2-4-18(14-19)17-35-25-26-22-15-21(36(30,31)27-9-12-33-13-10-27)7-8-23(22)28(25)16-20-6-3-11-34-20/h2,4-5,7-8,14-15,20H,3,6,9-13,16-17H2,1H3/t20-/m1/s1. The molecule has 0 aliphatic carbocycles. The van der Waals surface area contributed by atoms with Crippen molar-refractivity contribution in [1.29, 1.82) is 0 Å². The number of fused-ring (bicyclic) bond motifs is 1. The second-order valence-electron chi connectivity index (χ2n) is 8.79. The van der Waals surface area contributed by atoms with Crippen molar-refractivity contribution in [2.75, 3.05) is 40.0 Å². The van der Waals surface area contributed by atoms with Crippen molar-refractivity contribution in [3.05, 3.63) is 53.6 Å². The van der Waals surface area contributed by atoms with E-state index in [4.69, 9.17) is 19.2 Å². The Morgan fingerprint density at radius 1 is 1.17 bits per heavy atom. The number of morpholine rings is 1. The molecule has 0 saturated carbocycles. The molecule has 0 bridgehead atoms. The minimum absolute atomic E-state index is 0.0983. The first kappa shape index (κ1) is 25.2. The molecule has 1 aromatic heterocycles. The third-order valence-electron chi connectivity index (χ3n) is 6.42. The molecular weight excluding hydrogens is 502 g/mol. The normalized spacial score (nSPS) is 19.1. The number of hydrogen-bond donors (Lipinski definition) is 0. The van der Waals surface area contributed by atoms with Crippen LogP contribution < -0.4 is 0 Å². The number of nitrogens with zero attached hydrogens (tertiary/aromatic N) is 3. The summed E-state index contributed by atoms with van der Waals surface area (Å²) in [5, 5.41) is 0.782. The van der Waals surface area contributed by atoms with Crippen LogP contribution in [0.25, 0.3) is 11.0 Å². The molecule has 3 aromatic rings. The lowest BCUT2D eigenvalue weighted by Crippen LogP contribution is -2.40. The molecule has 192 valence electrons. The fourth-order valence-corrected chi connectivity index (χ4v) is 6.91. The number of methoxy groups -OCH3 is 1. The van der Waals surface area contributed by atoms with E-state index >= 15 is 0 Å². The van der Waals surface area contributed by atoms with E-state index in [0.29, 0.717) is 49.7 Å². The summed E-state index contributed by atoms with van der Waals surface area (Å²) in [5.74, 6) is 0.222. The maximum absolute atomic E-state index is 13.2. The molecule has 2 aromatic carbocycles. The highest BCUT2D eigenvalue weighted by Gasteiger charge is 2.28. The van der Waals surface area contributed by atoms with Gasteiger partial charge in [-0.3, -0.25) is 0 Å². The predicted molar refractivity (Wildman–Crippen MR) is 136 cm³/mol. The van der Waals surface area contributed by atoms with Gasteiger partial charge in [0.1, 0.15) is 0 Å². The zero-order valence-electron chi connectivity index (χ0n) is 20.1. The van der Waals surface area contributed by atoms with Gasteiger partial charge in [0.2, 0.25) is 10.0 Å². The van der Waals surface area contributed by atoms with E-state index in [1.807, 2.05) is 24.3 Å². The van der Waals surface area contributed by atoms with Crippen LogP contribution in [0.5, 0.6) is 0 Å². The fraction of sp³-hybridized carbons (Fsp3) is 0.440.